The summed E-state index contributed by atoms with van der Waals surface area (Å²) in [6, 6.07) is 12.8. The van der Waals surface area contributed by atoms with Crippen molar-refractivity contribution < 1.29 is 13.2 Å². The van der Waals surface area contributed by atoms with Gasteiger partial charge in [0.05, 0.1) is 16.3 Å². The van der Waals surface area contributed by atoms with Crippen LogP contribution in [0, 0.1) is 5.92 Å². The van der Waals surface area contributed by atoms with E-state index < -0.39 is 9.84 Å². The van der Waals surface area contributed by atoms with Gasteiger partial charge in [-0.15, -0.1) is 0 Å². The molecule has 0 saturated carbocycles. The first-order valence-electron chi connectivity index (χ1n) is 10.4. The summed E-state index contributed by atoms with van der Waals surface area (Å²) in [7, 11) is -3.25. The minimum atomic E-state index is -3.25. The third kappa shape index (κ3) is 4.93. The second kappa shape index (κ2) is 8.75. The predicted molar refractivity (Wildman–Crippen MR) is 127 cm³/mol. The molecule has 7 heteroatoms. The van der Waals surface area contributed by atoms with Gasteiger partial charge >= 0.3 is 6.03 Å². The lowest BCUT2D eigenvalue weighted by molar-refractivity contribution is 0.244. The van der Waals surface area contributed by atoms with Crippen LogP contribution in [0.15, 0.2) is 59.6 Å². The van der Waals surface area contributed by atoms with E-state index in [4.69, 9.17) is 0 Å². The van der Waals surface area contributed by atoms with E-state index in [2.05, 4.69) is 37.6 Å². The molecule has 6 nitrogen and oxygen atoms in total. The second-order valence-corrected chi connectivity index (χ2v) is 10.7. The number of hydrogen-bond donors (Lipinski definition) is 1. The number of sulfone groups is 1. The molecule has 0 saturated heterocycles. The Balaban J connectivity index is 2.04. The van der Waals surface area contributed by atoms with Gasteiger partial charge in [-0.3, -0.25) is 4.90 Å². The normalized spacial score (nSPS) is 16.3. The summed E-state index contributed by atoms with van der Waals surface area (Å²) < 4.78 is 23.5. The Morgan fingerprint density at radius 3 is 2.29 bits per heavy atom. The van der Waals surface area contributed by atoms with E-state index >= 15 is 0 Å². The molecule has 0 radical (unpaired) electrons. The van der Waals surface area contributed by atoms with E-state index in [1.54, 1.807) is 29.2 Å². The Morgan fingerprint density at radius 1 is 1.13 bits per heavy atom. The number of rotatable bonds is 5. The third-order valence-electron chi connectivity index (χ3n) is 5.35. The van der Waals surface area contributed by atoms with Gasteiger partial charge < -0.3 is 10.2 Å². The van der Waals surface area contributed by atoms with Gasteiger partial charge in [-0.2, -0.15) is 0 Å². The standard InChI is InChI=1S/C24H31N3O3S/c1-16(2)14-25-24(28)26-15-18(5)27(17(3)4)22-12-9-20(13-23(22)26)19-7-10-21(11-8-19)31(6,29)30/h7-13,16,18H,3,14-15H2,1-2,4-6H3,(H,25,28)/t18-/m0/s1. The molecule has 1 atom stereocenters. The highest BCUT2D eigenvalue weighted by Gasteiger charge is 2.32. The Bertz CT molecular complexity index is 1090. The lowest BCUT2D eigenvalue weighted by Crippen LogP contribution is -2.52. The zero-order valence-electron chi connectivity index (χ0n) is 18.8. The van der Waals surface area contributed by atoms with Crippen LogP contribution in [0.25, 0.3) is 11.1 Å². The smallest absolute Gasteiger partial charge is 0.322 e. The fraction of sp³-hybridized carbons (Fsp3) is 0.375. The van der Waals surface area contributed by atoms with Crippen molar-refractivity contribution >= 4 is 27.2 Å². The number of hydrogen-bond acceptors (Lipinski definition) is 4. The molecule has 166 valence electrons. The van der Waals surface area contributed by atoms with Crippen LogP contribution in [0.3, 0.4) is 0 Å². The molecular formula is C24H31N3O3S. The van der Waals surface area contributed by atoms with Crippen LogP contribution in [0.4, 0.5) is 16.2 Å². The van der Waals surface area contributed by atoms with Crippen LogP contribution >= 0.6 is 0 Å². The fourth-order valence-corrected chi connectivity index (χ4v) is 4.49. The van der Waals surface area contributed by atoms with Gasteiger partial charge in [0.1, 0.15) is 0 Å². The number of carbonyl (C=O) groups excluding carboxylic acids is 1. The number of carbonyl (C=O) groups is 1. The minimum absolute atomic E-state index is 0.0923. The molecule has 2 aromatic carbocycles. The number of nitrogens with one attached hydrogen (secondary N) is 1. The maximum atomic E-state index is 13.0. The highest BCUT2D eigenvalue weighted by molar-refractivity contribution is 7.90. The van der Waals surface area contributed by atoms with E-state index in [9.17, 15) is 13.2 Å². The zero-order chi connectivity index (χ0) is 22.9. The van der Waals surface area contributed by atoms with E-state index in [0.717, 1.165) is 28.2 Å². The molecule has 1 heterocycles. The van der Waals surface area contributed by atoms with Crippen LogP contribution in [0.5, 0.6) is 0 Å². The van der Waals surface area contributed by atoms with E-state index in [0.29, 0.717) is 19.0 Å². The van der Waals surface area contributed by atoms with E-state index in [1.807, 2.05) is 25.1 Å². The lowest BCUT2D eigenvalue weighted by atomic mass is 10.0. The number of anilines is 2. The molecule has 3 rings (SSSR count). The number of urea groups is 1. The largest absolute Gasteiger partial charge is 0.340 e. The van der Waals surface area contributed by atoms with Crippen molar-refractivity contribution in [1.29, 1.82) is 0 Å². The number of nitrogens with zero attached hydrogens (tertiary/aromatic N) is 2. The van der Waals surface area contributed by atoms with Crippen molar-refractivity contribution in [3.05, 3.63) is 54.7 Å². The Hall–Kier alpha value is -2.80. The van der Waals surface area contributed by atoms with Crippen molar-refractivity contribution in [2.24, 2.45) is 5.92 Å². The zero-order valence-corrected chi connectivity index (χ0v) is 19.7. The molecule has 0 spiro atoms. The first-order chi connectivity index (χ1) is 14.5. The summed E-state index contributed by atoms with van der Waals surface area (Å²) in [5.74, 6) is 0.359. The van der Waals surface area contributed by atoms with Crippen molar-refractivity contribution in [2.45, 2.75) is 38.6 Å². The van der Waals surface area contributed by atoms with E-state index in [-0.39, 0.29) is 17.0 Å². The highest BCUT2D eigenvalue weighted by atomic mass is 32.2. The summed E-state index contributed by atoms with van der Waals surface area (Å²) in [6.45, 7) is 13.4. The summed E-state index contributed by atoms with van der Waals surface area (Å²) in [4.78, 5) is 17.2. The molecule has 1 N–H and O–H groups in total. The van der Waals surface area contributed by atoms with Crippen LogP contribution < -0.4 is 15.1 Å². The van der Waals surface area contributed by atoms with E-state index in [1.165, 1.54) is 6.26 Å². The monoisotopic (exact) mass is 441 g/mol. The van der Waals surface area contributed by atoms with Gasteiger partial charge in [0.2, 0.25) is 0 Å². The molecule has 0 fully saturated rings. The fourth-order valence-electron chi connectivity index (χ4n) is 3.86. The molecule has 0 aliphatic carbocycles. The lowest BCUT2D eigenvalue weighted by Gasteiger charge is -2.42. The van der Waals surface area contributed by atoms with Crippen LogP contribution in [0.2, 0.25) is 0 Å². The molecule has 0 aromatic heterocycles. The van der Waals surface area contributed by atoms with Gasteiger partial charge in [-0.1, -0.05) is 38.6 Å². The molecule has 2 aromatic rings. The summed E-state index contributed by atoms with van der Waals surface area (Å²) in [5, 5.41) is 3.02. The van der Waals surface area contributed by atoms with Crippen molar-refractivity contribution in [3.63, 3.8) is 0 Å². The van der Waals surface area contributed by atoms with Gasteiger partial charge in [-0.05, 0) is 55.2 Å². The molecule has 1 aliphatic heterocycles. The SMILES string of the molecule is C=C(C)N1c2ccc(-c3ccc(S(C)(=O)=O)cc3)cc2N(C(=O)NCC(C)C)C[C@@H]1C. The van der Waals surface area contributed by atoms with Crippen molar-refractivity contribution in [3.8, 4) is 11.1 Å². The average molecular weight is 442 g/mol. The topological polar surface area (TPSA) is 69.7 Å². The van der Waals surface area contributed by atoms with Crippen LogP contribution in [0.1, 0.15) is 27.7 Å². The van der Waals surface area contributed by atoms with Gasteiger partial charge in [0, 0.05) is 31.1 Å². The molecule has 2 amide bonds. The minimum Gasteiger partial charge on any atom is -0.340 e. The first kappa shape index (κ1) is 22.9. The maximum Gasteiger partial charge on any atom is 0.322 e. The summed E-state index contributed by atoms with van der Waals surface area (Å²) in [5.41, 5.74) is 4.46. The first-order valence-corrected chi connectivity index (χ1v) is 12.3. The Kier molecular flexibility index (Phi) is 6.46. The molecule has 1 aliphatic rings. The third-order valence-corrected chi connectivity index (χ3v) is 6.48. The number of benzene rings is 2. The second-order valence-electron chi connectivity index (χ2n) is 8.64. The number of allylic oxidation sites excluding steroid dienone is 1. The molecule has 31 heavy (non-hydrogen) atoms. The van der Waals surface area contributed by atoms with Crippen LogP contribution in [-0.4, -0.2) is 39.8 Å². The summed E-state index contributed by atoms with van der Waals surface area (Å²) >= 11 is 0. The maximum absolute atomic E-state index is 13.0. The molecular weight excluding hydrogens is 410 g/mol. The average Bonchev–Trinajstić information content (AvgIpc) is 2.70. The van der Waals surface area contributed by atoms with Crippen LogP contribution in [-0.2, 0) is 9.84 Å². The Labute approximate surface area is 185 Å². The quantitative estimate of drug-likeness (QED) is 0.732. The highest BCUT2D eigenvalue weighted by Crippen LogP contribution is 2.40. The Morgan fingerprint density at radius 2 is 1.74 bits per heavy atom. The number of fused-ring (bicyclic) bond motifs is 1. The van der Waals surface area contributed by atoms with Gasteiger partial charge in [0.15, 0.2) is 9.84 Å². The predicted octanol–water partition coefficient (Wildman–Crippen LogP) is 4.67. The molecule has 0 bridgehead atoms. The number of amides is 2. The van der Waals surface area contributed by atoms with Crippen molar-refractivity contribution in [2.75, 3.05) is 29.1 Å². The van der Waals surface area contributed by atoms with Gasteiger partial charge in [0.25, 0.3) is 0 Å². The summed E-state index contributed by atoms with van der Waals surface area (Å²) in [6.07, 6.45) is 1.20. The van der Waals surface area contributed by atoms with Crippen molar-refractivity contribution in [1.82, 2.24) is 5.32 Å². The molecule has 0 unspecified atom stereocenters. The van der Waals surface area contributed by atoms with Gasteiger partial charge in [-0.25, -0.2) is 13.2 Å².